The number of nitrogens with two attached hydrogens (primary N) is 1. The lowest BCUT2D eigenvalue weighted by molar-refractivity contribution is -0.253. The van der Waals surface area contributed by atoms with Crippen LogP contribution in [0.4, 0.5) is 22.0 Å². The highest BCUT2D eigenvalue weighted by atomic mass is 35.5. The molecule has 1 rings (SSSR count). The molecule has 0 saturated carbocycles. The van der Waals surface area contributed by atoms with E-state index in [-0.39, 0.29) is 24.6 Å². The summed E-state index contributed by atoms with van der Waals surface area (Å²) in [7, 11) is 0. The number of rotatable bonds is 7. The highest BCUT2D eigenvalue weighted by Gasteiger charge is 2.44. The third-order valence-electron chi connectivity index (χ3n) is 2.60. The first kappa shape index (κ1) is 21.4. The molecule has 4 nitrogen and oxygen atoms in total. The molecular formula is C13H15ClF5NO3. The van der Waals surface area contributed by atoms with Crippen LogP contribution in [-0.2, 0) is 9.53 Å². The molecule has 2 N–H and O–H groups in total. The van der Waals surface area contributed by atoms with Crippen LogP contribution in [-0.4, -0.2) is 31.3 Å². The molecule has 0 fully saturated rings. The van der Waals surface area contributed by atoms with Gasteiger partial charge >= 0.3 is 18.5 Å². The summed E-state index contributed by atoms with van der Waals surface area (Å²) in [6.07, 6.45) is -10.8. The average Bonchev–Trinajstić information content (AvgIpc) is 2.46. The van der Waals surface area contributed by atoms with Crippen LogP contribution in [0, 0.1) is 0 Å². The number of ether oxygens (including phenoxy) is 2. The van der Waals surface area contributed by atoms with E-state index in [0.717, 1.165) is 24.3 Å². The Morgan fingerprint density at radius 3 is 2.17 bits per heavy atom. The lowest BCUT2D eigenvalue weighted by Gasteiger charge is -2.18. The Labute approximate surface area is 135 Å². The first-order valence-electron chi connectivity index (χ1n) is 6.20. The number of hydrogen-bond acceptors (Lipinski definition) is 4. The predicted octanol–water partition coefficient (Wildman–Crippen LogP) is 3.25. The minimum absolute atomic E-state index is 0. The van der Waals surface area contributed by atoms with Crippen LogP contribution >= 0.6 is 12.4 Å². The van der Waals surface area contributed by atoms with Gasteiger partial charge in [0.2, 0.25) is 6.17 Å². The Balaban J connectivity index is 0.00000484. The minimum Gasteiger partial charge on any atom is -0.464 e. The van der Waals surface area contributed by atoms with Gasteiger partial charge in [-0.1, -0.05) is 12.1 Å². The van der Waals surface area contributed by atoms with Crippen LogP contribution in [0.5, 0.6) is 5.75 Å². The van der Waals surface area contributed by atoms with Crippen molar-refractivity contribution >= 4 is 18.4 Å². The predicted molar refractivity (Wildman–Crippen MR) is 73.7 cm³/mol. The van der Waals surface area contributed by atoms with Crippen molar-refractivity contribution in [2.45, 2.75) is 31.7 Å². The van der Waals surface area contributed by atoms with Gasteiger partial charge in [-0.2, -0.15) is 17.6 Å². The number of halogens is 6. The van der Waals surface area contributed by atoms with E-state index in [1.54, 1.807) is 0 Å². The fourth-order valence-electron chi connectivity index (χ4n) is 1.50. The highest BCUT2D eigenvalue weighted by Crippen LogP contribution is 2.28. The summed E-state index contributed by atoms with van der Waals surface area (Å²) >= 11 is 0. The second kappa shape index (κ2) is 8.88. The normalized spacial score (nSPS) is 13.9. The van der Waals surface area contributed by atoms with Crippen molar-refractivity contribution in [1.29, 1.82) is 0 Å². The van der Waals surface area contributed by atoms with Crippen molar-refractivity contribution in [1.82, 2.24) is 0 Å². The van der Waals surface area contributed by atoms with Crippen LogP contribution in [0.1, 0.15) is 18.5 Å². The molecule has 1 aromatic carbocycles. The van der Waals surface area contributed by atoms with Gasteiger partial charge in [-0.05, 0) is 24.6 Å². The molecule has 0 aliphatic rings. The molecule has 132 valence electrons. The number of carbonyl (C=O) groups is 1. The number of carbonyl (C=O) groups excluding carboxylic acids is 1. The fourth-order valence-corrected chi connectivity index (χ4v) is 1.50. The maximum absolute atomic E-state index is 13.7. The molecule has 0 aliphatic heterocycles. The molecular weight excluding hydrogens is 349 g/mol. The van der Waals surface area contributed by atoms with Crippen molar-refractivity contribution in [3.8, 4) is 5.75 Å². The van der Waals surface area contributed by atoms with Gasteiger partial charge in [0.25, 0.3) is 0 Å². The summed E-state index contributed by atoms with van der Waals surface area (Å²) in [6, 6.07) is 2.64. The standard InChI is InChI=1S/C13H14F5NO3.ClH/c1-2-21-11(20)9(14)10(19)7-3-5-8(6-4-7)22-13(17,18)12(15)16;/h3-6,9-10,12H,2,19H2,1H3;1H/t9?,10-;/m0./s1. The van der Waals surface area contributed by atoms with E-state index >= 15 is 0 Å². The SMILES string of the molecule is CCOC(=O)C(F)[C@@H](N)c1ccc(OC(F)(F)C(F)F)cc1.Cl. The Kier molecular flexibility index (Phi) is 8.25. The summed E-state index contributed by atoms with van der Waals surface area (Å²) in [5.41, 5.74) is 5.60. The molecule has 0 saturated heterocycles. The second-order valence-corrected chi connectivity index (χ2v) is 4.21. The molecule has 0 radical (unpaired) electrons. The summed E-state index contributed by atoms with van der Waals surface area (Å²) in [5, 5.41) is 0. The number of alkyl halides is 5. The average molecular weight is 364 g/mol. The molecule has 23 heavy (non-hydrogen) atoms. The lowest BCUT2D eigenvalue weighted by atomic mass is 10.0. The van der Waals surface area contributed by atoms with E-state index < -0.39 is 36.5 Å². The number of esters is 1. The van der Waals surface area contributed by atoms with Gasteiger partial charge < -0.3 is 15.2 Å². The van der Waals surface area contributed by atoms with Crippen molar-refractivity contribution in [3.63, 3.8) is 0 Å². The monoisotopic (exact) mass is 363 g/mol. The number of hydrogen-bond donors (Lipinski definition) is 1. The molecule has 10 heteroatoms. The zero-order valence-electron chi connectivity index (χ0n) is 11.8. The highest BCUT2D eigenvalue weighted by molar-refractivity contribution is 5.85. The Morgan fingerprint density at radius 1 is 1.22 bits per heavy atom. The molecule has 0 heterocycles. The quantitative estimate of drug-likeness (QED) is 0.597. The van der Waals surface area contributed by atoms with Crippen LogP contribution < -0.4 is 10.5 Å². The van der Waals surface area contributed by atoms with E-state index in [2.05, 4.69) is 9.47 Å². The molecule has 0 aliphatic carbocycles. The largest absolute Gasteiger partial charge is 0.464 e. The molecule has 0 amide bonds. The fraction of sp³-hybridized carbons (Fsp3) is 0.462. The third kappa shape index (κ3) is 5.83. The van der Waals surface area contributed by atoms with Crippen LogP contribution in [0.3, 0.4) is 0 Å². The van der Waals surface area contributed by atoms with Gasteiger partial charge in [0.1, 0.15) is 5.75 Å². The zero-order chi connectivity index (χ0) is 16.9. The van der Waals surface area contributed by atoms with E-state index in [4.69, 9.17) is 5.73 Å². The summed E-state index contributed by atoms with van der Waals surface area (Å²) in [4.78, 5) is 11.2. The Morgan fingerprint density at radius 2 is 1.74 bits per heavy atom. The van der Waals surface area contributed by atoms with E-state index in [9.17, 15) is 26.7 Å². The first-order valence-corrected chi connectivity index (χ1v) is 6.20. The van der Waals surface area contributed by atoms with Gasteiger partial charge in [-0.25, -0.2) is 9.18 Å². The van der Waals surface area contributed by atoms with Gasteiger partial charge in [0, 0.05) is 0 Å². The van der Waals surface area contributed by atoms with Crippen molar-refractivity contribution in [2.24, 2.45) is 5.73 Å². The third-order valence-corrected chi connectivity index (χ3v) is 2.60. The van der Waals surface area contributed by atoms with Crippen LogP contribution in [0.15, 0.2) is 24.3 Å². The summed E-state index contributed by atoms with van der Waals surface area (Å²) in [6.45, 7) is 1.47. The smallest absolute Gasteiger partial charge is 0.461 e. The molecule has 1 unspecified atom stereocenters. The van der Waals surface area contributed by atoms with E-state index in [1.807, 2.05) is 0 Å². The molecule has 0 bridgehead atoms. The molecule has 0 spiro atoms. The van der Waals surface area contributed by atoms with Gasteiger partial charge in [0.05, 0.1) is 12.6 Å². The van der Waals surface area contributed by atoms with Crippen LogP contribution in [0.25, 0.3) is 0 Å². The van der Waals surface area contributed by atoms with Crippen molar-refractivity contribution in [2.75, 3.05) is 6.61 Å². The van der Waals surface area contributed by atoms with E-state index in [1.165, 1.54) is 6.92 Å². The van der Waals surface area contributed by atoms with Gasteiger partial charge in [-0.3, -0.25) is 0 Å². The maximum atomic E-state index is 13.7. The zero-order valence-corrected chi connectivity index (χ0v) is 12.7. The van der Waals surface area contributed by atoms with E-state index in [0.29, 0.717) is 0 Å². The topological polar surface area (TPSA) is 61.5 Å². The first-order chi connectivity index (χ1) is 10.2. The Bertz CT molecular complexity index is 501. The maximum Gasteiger partial charge on any atom is 0.461 e. The van der Waals surface area contributed by atoms with Crippen molar-refractivity contribution in [3.05, 3.63) is 29.8 Å². The van der Waals surface area contributed by atoms with Gasteiger partial charge in [0.15, 0.2) is 0 Å². The molecule has 0 aromatic heterocycles. The van der Waals surface area contributed by atoms with Crippen LogP contribution in [0.2, 0.25) is 0 Å². The number of benzene rings is 1. The molecule has 1 aromatic rings. The minimum atomic E-state index is -4.64. The molecule has 2 atom stereocenters. The Hall–Kier alpha value is -1.61. The van der Waals surface area contributed by atoms with Gasteiger partial charge in [-0.15, -0.1) is 12.4 Å². The summed E-state index contributed by atoms with van der Waals surface area (Å²) in [5.74, 6) is -1.70. The summed E-state index contributed by atoms with van der Waals surface area (Å²) < 4.78 is 71.3. The van der Waals surface area contributed by atoms with Crippen molar-refractivity contribution < 1.29 is 36.2 Å². The second-order valence-electron chi connectivity index (χ2n) is 4.21. The lowest BCUT2D eigenvalue weighted by Crippen LogP contribution is -2.33.